The van der Waals surface area contributed by atoms with Crippen LogP contribution in [0.5, 0.6) is 0 Å². The van der Waals surface area contributed by atoms with Crippen molar-refractivity contribution in [1.82, 2.24) is 14.8 Å². The number of rotatable bonds is 5. The third-order valence-corrected chi connectivity index (χ3v) is 4.67. The van der Waals surface area contributed by atoms with Crippen LogP contribution in [0.25, 0.3) is 0 Å². The first-order chi connectivity index (χ1) is 10.2. The number of pyridine rings is 1. The lowest BCUT2D eigenvalue weighted by atomic mass is 9.95. The zero-order valence-electron chi connectivity index (χ0n) is 12.4. The molecule has 5 heteroatoms. The van der Waals surface area contributed by atoms with Gasteiger partial charge in [0.2, 0.25) is 5.91 Å². The largest absolute Gasteiger partial charge is 0.370 e. The minimum Gasteiger partial charge on any atom is -0.370 e. The summed E-state index contributed by atoms with van der Waals surface area (Å²) >= 11 is 0. The Labute approximate surface area is 126 Å². The second-order valence-electron chi connectivity index (χ2n) is 6.32. The number of aromatic nitrogens is 1. The Morgan fingerprint density at radius 1 is 1.29 bits per heavy atom. The van der Waals surface area contributed by atoms with Crippen LogP contribution in [0.3, 0.4) is 0 Å². The molecule has 2 bridgehead atoms. The van der Waals surface area contributed by atoms with Crippen LogP contribution in [0.15, 0.2) is 24.4 Å². The molecule has 0 unspecified atom stereocenters. The number of fused-ring (bicyclic) bond motifs is 4. The molecule has 3 saturated heterocycles. The highest BCUT2D eigenvalue weighted by atomic mass is 16.1. The van der Waals surface area contributed by atoms with E-state index in [1.807, 2.05) is 12.3 Å². The number of nitrogens with two attached hydrogens (primary N) is 1. The van der Waals surface area contributed by atoms with Crippen LogP contribution in [-0.4, -0.2) is 52.9 Å². The highest BCUT2D eigenvalue weighted by Gasteiger charge is 2.34. The minimum atomic E-state index is -0.197. The Hall–Kier alpha value is -1.46. The molecule has 0 aliphatic carbocycles. The molecular weight excluding hydrogens is 264 g/mol. The lowest BCUT2D eigenvalue weighted by Crippen LogP contribution is -2.43. The number of carbonyl (C=O) groups excluding carboxylic acids is 1. The van der Waals surface area contributed by atoms with Gasteiger partial charge in [0.25, 0.3) is 0 Å². The number of hydrogen-bond acceptors (Lipinski definition) is 4. The summed E-state index contributed by atoms with van der Waals surface area (Å²) in [6, 6.07) is 6.70. The molecule has 114 valence electrons. The Morgan fingerprint density at radius 3 is 2.95 bits per heavy atom. The van der Waals surface area contributed by atoms with E-state index in [2.05, 4.69) is 26.9 Å². The Morgan fingerprint density at radius 2 is 2.19 bits per heavy atom. The first kappa shape index (κ1) is 14.5. The minimum absolute atomic E-state index is 0.197. The summed E-state index contributed by atoms with van der Waals surface area (Å²) in [6.45, 7) is 5.04. The van der Waals surface area contributed by atoms with Crippen LogP contribution in [0.1, 0.15) is 25.0 Å². The molecule has 4 heterocycles. The van der Waals surface area contributed by atoms with E-state index in [1.165, 1.54) is 12.8 Å². The molecule has 0 aromatic carbocycles. The smallest absolute Gasteiger partial charge is 0.218 e. The van der Waals surface area contributed by atoms with E-state index in [-0.39, 0.29) is 5.91 Å². The molecule has 2 N–H and O–H groups in total. The molecule has 5 nitrogen and oxygen atoms in total. The maximum Gasteiger partial charge on any atom is 0.218 e. The Bertz CT molecular complexity index is 478. The fourth-order valence-corrected chi connectivity index (χ4v) is 3.62. The highest BCUT2D eigenvalue weighted by molar-refractivity contribution is 5.73. The zero-order valence-corrected chi connectivity index (χ0v) is 12.4. The van der Waals surface area contributed by atoms with Crippen LogP contribution in [0.2, 0.25) is 0 Å². The van der Waals surface area contributed by atoms with E-state index >= 15 is 0 Å². The molecule has 3 fully saturated rings. The topological polar surface area (TPSA) is 62.5 Å². The van der Waals surface area contributed by atoms with Gasteiger partial charge in [-0.2, -0.15) is 0 Å². The van der Waals surface area contributed by atoms with Crippen molar-refractivity contribution < 1.29 is 4.79 Å². The molecular formula is C16H24N4O. The van der Waals surface area contributed by atoms with Crippen molar-refractivity contribution in [2.24, 2.45) is 11.7 Å². The van der Waals surface area contributed by atoms with Gasteiger partial charge in [-0.25, -0.2) is 0 Å². The second-order valence-corrected chi connectivity index (χ2v) is 6.32. The summed E-state index contributed by atoms with van der Waals surface area (Å²) in [5.41, 5.74) is 6.43. The fraction of sp³-hybridized carbons (Fsp3) is 0.625. The maximum atomic E-state index is 11.0. The van der Waals surface area contributed by atoms with Gasteiger partial charge in [0.15, 0.2) is 0 Å². The number of nitrogens with zero attached hydrogens (tertiary/aromatic N) is 3. The summed E-state index contributed by atoms with van der Waals surface area (Å²) in [4.78, 5) is 20.4. The Kier molecular flexibility index (Phi) is 4.51. The summed E-state index contributed by atoms with van der Waals surface area (Å²) in [5, 5.41) is 0. The van der Waals surface area contributed by atoms with Gasteiger partial charge in [0.05, 0.1) is 5.69 Å². The number of carbonyl (C=O) groups is 1. The van der Waals surface area contributed by atoms with E-state index in [0.717, 1.165) is 38.4 Å². The fourth-order valence-electron chi connectivity index (χ4n) is 3.62. The van der Waals surface area contributed by atoms with Crippen LogP contribution in [-0.2, 0) is 11.3 Å². The number of piperidine rings is 1. The molecule has 1 aromatic heterocycles. The molecule has 0 spiro atoms. The molecule has 3 aliphatic rings. The van der Waals surface area contributed by atoms with Crippen molar-refractivity contribution in [3.05, 3.63) is 30.1 Å². The molecule has 3 aliphatic heterocycles. The molecule has 0 saturated carbocycles. The van der Waals surface area contributed by atoms with Crippen LogP contribution >= 0.6 is 0 Å². The van der Waals surface area contributed by atoms with Gasteiger partial charge < -0.3 is 10.6 Å². The van der Waals surface area contributed by atoms with Crippen molar-refractivity contribution in [2.75, 3.05) is 26.2 Å². The molecule has 1 aromatic rings. The van der Waals surface area contributed by atoms with E-state index in [4.69, 9.17) is 5.73 Å². The lowest BCUT2D eigenvalue weighted by Gasteiger charge is -2.35. The summed E-state index contributed by atoms with van der Waals surface area (Å²) in [7, 11) is 0. The summed E-state index contributed by atoms with van der Waals surface area (Å²) in [6.07, 6.45) is 4.89. The van der Waals surface area contributed by atoms with Crippen molar-refractivity contribution in [3.8, 4) is 0 Å². The van der Waals surface area contributed by atoms with Gasteiger partial charge in [-0.15, -0.1) is 0 Å². The quantitative estimate of drug-likeness (QED) is 0.872. The third-order valence-electron chi connectivity index (χ3n) is 4.67. The Balaban J connectivity index is 1.62. The monoisotopic (exact) mass is 288 g/mol. The first-order valence-corrected chi connectivity index (χ1v) is 7.85. The van der Waals surface area contributed by atoms with Crippen LogP contribution in [0, 0.1) is 5.92 Å². The summed E-state index contributed by atoms with van der Waals surface area (Å²) < 4.78 is 0. The van der Waals surface area contributed by atoms with E-state index in [9.17, 15) is 4.79 Å². The van der Waals surface area contributed by atoms with Gasteiger partial charge in [-0.3, -0.25) is 14.7 Å². The first-order valence-electron chi connectivity index (χ1n) is 7.85. The number of hydrogen-bond donors (Lipinski definition) is 1. The molecule has 4 rings (SSSR count). The van der Waals surface area contributed by atoms with Gasteiger partial charge in [-0.05, 0) is 30.9 Å². The maximum absolute atomic E-state index is 11.0. The van der Waals surface area contributed by atoms with E-state index < -0.39 is 0 Å². The van der Waals surface area contributed by atoms with Crippen molar-refractivity contribution in [2.45, 2.75) is 31.8 Å². The lowest BCUT2D eigenvalue weighted by molar-refractivity contribution is -0.118. The third kappa shape index (κ3) is 3.80. The van der Waals surface area contributed by atoms with Crippen molar-refractivity contribution in [1.29, 1.82) is 0 Å². The normalized spacial score (nSPS) is 26.7. The standard InChI is InChI=1S/C16H24N4O/c17-16(21)6-8-19-9-13-4-5-15(12-19)20(10-13)11-14-3-1-2-7-18-14/h1-3,7,13,15H,4-6,8-12H2,(H2,17,21)/t13-,15+/m0/s1. The molecule has 21 heavy (non-hydrogen) atoms. The van der Waals surface area contributed by atoms with E-state index in [0.29, 0.717) is 18.4 Å². The molecule has 2 atom stereocenters. The van der Waals surface area contributed by atoms with Crippen molar-refractivity contribution >= 4 is 5.91 Å². The van der Waals surface area contributed by atoms with Gasteiger partial charge in [0, 0.05) is 51.4 Å². The predicted molar refractivity (Wildman–Crippen MR) is 81.4 cm³/mol. The second kappa shape index (κ2) is 6.54. The highest BCUT2D eigenvalue weighted by Crippen LogP contribution is 2.28. The van der Waals surface area contributed by atoms with Crippen molar-refractivity contribution in [3.63, 3.8) is 0 Å². The van der Waals surface area contributed by atoms with Crippen LogP contribution < -0.4 is 5.73 Å². The van der Waals surface area contributed by atoms with E-state index in [1.54, 1.807) is 0 Å². The summed E-state index contributed by atoms with van der Waals surface area (Å²) in [5.74, 6) is 0.511. The average molecular weight is 288 g/mol. The zero-order chi connectivity index (χ0) is 14.7. The van der Waals surface area contributed by atoms with Gasteiger partial charge >= 0.3 is 0 Å². The predicted octanol–water partition coefficient (Wildman–Crippen LogP) is 0.853. The number of primary amides is 1. The average Bonchev–Trinajstić information content (AvgIpc) is 2.77. The van der Waals surface area contributed by atoms with Crippen LogP contribution in [0.4, 0.5) is 0 Å². The molecule has 0 radical (unpaired) electrons. The number of amides is 1. The SMILES string of the molecule is NC(=O)CCN1C[C@@H]2CC[C@H](C1)N(Cc1ccccn1)C2. The molecule has 1 amide bonds. The van der Waals surface area contributed by atoms with Gasteiger partial charge in [0.1, 0.15) is 0 Å². The van der Waals surface area contributed by atoms with Gasteiger partial charge in [-0.1, -0.05) is 6.07 Å².